The Morgan fingerprint density at radius 1 is 1.13 bits per heavy atom. The summed E-state index contributed by atoms with van der Waals surface area (Å²) in [4.78, 5) is 49.3. The Bertz CT molecular complexity index is 917. The van der Waals surface area contributed by atoms with Crippen molar-refractivity contribution in [1.29, 1.82) is 0 Å². The second-order valence-corrected chi connectivity index (χ2v) is 9.96. The van der Waals surface area contributed by atoms with E-state index in [9.17, 15) is 19.2 Å². The van der Waals surface area contributed by atoms with Gasteiger partial charge in [-0.3, -0.25) is 19.3 Å². The van der Waals surface area contributed by atoms with Gasteiger partial charge in [-0.05, 0) is 95.1 Å². The smallest absolute Gasteiger partial charge is 0.344 e. The number of hydrogen-bond donors (Lipinski definition) is 0. The van der Waals surface area contributed by atoms with E-state index in [1.807, 2.05) is 0 Å². The molecule has 2 rings (SSSR count). The summed E-state index contributed by atoms with van der Waals surface area (Å²) in [6.07, 6.45) is 1.53. The molecule has 0 aliphatic carbocycles. The molecular weight excluding hydrogens is 558 g/mol. The molecular formula is C20H21Br2NO7S. The molecule has 0 spiro atoms. The van der Waals surface area contributed by atoms with E-state index in [2.05, 4.69) is 31.9 Å². The van der Waals surface area contributed by atoms with Crippen LogP contribution in [0.4, 0.5) is 4.79 Å². The summed E-state index contributed by atoms with van der Waals surface area (Å²) in [5, 5.41) is -0.547. The second-order valence-electron chi connectivity index (χ2n) is 7.26. The van der Waals surface area contributed by atoms with Gasteiger partial charge < -0.3 is 14.2 Å². The van der Waals surface area contributed by atoms with Crippen LogP contribution in [-0.2, 0) is 23.9 Å². The van der Waals surface area contributed by atoms with Crippen LogP contribution in [0.5, 0.6) is 5.75 Å². The van der Waals surface area contributed by atoms with E-state index in [-0.39, 0.29) is 18.1 Å². The van der Waals surface area contributed by atoms with Crippen molar-refractivity contribution in [2.75, 3.05) is 19.8 Å². The third kappa shape index (κ3) is 7.36. The number of imide groups is 1. The summed E-state index contributed by atoms with van der Waals surface area (Å²) in [6.45, 7) is 6.36. The monoisotopic (exact) mass is 577 g/mol. The zero-order chi connectivity index (χ0) is 23.3. The van der Waals surface area contributed by atoms with E-state index in [0.29, 0.717) is 20.3 Å². The maximum absolute atomic E-state index is 12.6. The minimum absolute atomic E-state index is 0.174. The number of carbonyl (C=O) groups is 4. The molecule has 31 heavy (non-hydrogen) atoms. The van der Waals surface area contributed by atoms with Crippen molar-refractivity contribution in [1.82, 2.24) is 4.90 Å². The molecule has 11 heteroatoms. The van der Waals surface area contributed by atoms with Gasteiger partial charge in [-0.1, -0.05) is 0 Å². The van der Waals surface area contributed by atoms with Crippen LogP contribution in [0, 0.1) is 0 Å². The van der Waals surface area contributed by atoms with E-state index in [0.717, 1.165) is 16.7 Å². The summed E-state index contributed by atoms with van der Waals surface area (Å²) in [5.74, 6) is -1.34. The number of ether oxygens (including phenoxy) is 3. The van der Waals surface area contributed by atoms with E-state index in [4.69, 9.17) is 14.2 Å². The van der Waals surface area contributed by atoms with Crippen LogP contribution in [0.3, 0.4) is 0 Å². The van der Waals surface area contributed by atoms with Crippen LogP contribution in [0.25, 0.3) is 6.08 Å². The lowest BCUT2D eigenvalue weighted by atomic mass is 10.2. The Balaban J connectivity index is 2.14. The third-order valence-corrected chi connectivity index (χ3v) is 5.62. The molecule has 0 saturated carbocycles. The summed E-state index contributed by atoms with van der Waals surface area (Å²) >= 11 is 7.48. The van der Waals surface area contributed by atoms with Crippen LogP contribution in [-0.4, -0.2) is 53.3 Å². The lowest BCUT2D eigenvalue weighted by Gasteiger charge is -2.21. The van der Waals surface area contributed by atoms with Crippen molar-refractivity contribution in [2.24, 2.45) is 0 Å². The highest BCUT2D eigenvalue weighted by molar-refractivity contribution is 9.11. The molecule has 0 radical (unpaired) electrons. The summed E-state index contributed by atoms with van der Waals surface area (Å²) in [7, 11) is 0. The van der Waals surface area contributed by atoms with Gasteiger partial charge in [-0.15, -0.1) is 0 Å². The quantitative estimate of drug-likeness (QED) is 0.344. The molecule has 0 atom stereocenters. The van der Waals surface area contributed by atoms with Crippen LogP contribution < -0.4 is 4.74 Å². The average Bonchev–Trinajstić information content (AvgIpc) is 2.87. The molecule has 1 saturated heterocycles. The normalized spacial score (nSPS) is 15.4. The third-order valence-electron chi connectivity index (χ3n) is 3.54. The lowest BCUT2D eigenvalue weighted by Crippen LogP contribution is -2.37. The molecule has 1 heterocycles. The first kappa shape index (κ1) is 25.4. The Morgan fingerprint density at radius 3 is 2.29 bits per heavy atom. The number of esters is 2. The van der Waals surface area contributed by atoms with Crippen LogP contribution in [0.2, 0.25) is 0 Å². The van der Waals surface area contributed by atoms with Crippen molar-refractivity contribution in [2.45, 2.75) is 33.3 Å². The first-order chi connectivity index (χ1) is 14.4. The molecule has 1 aliphatic rings. The van der Waals surface area contributed by atoms with Gasteiger partial charge >= 0.3 is 11.9 Å². The molecule has 0 aromatic heterocycles. The average molecular weight is 579 g/mol. The van der Waals surface area contributed by atoms with Crippen molar-refractivity contribution in [3.05, 3.63) is 31.5 Å². The van der Waals surface area contributed by atoms with E-state index in [1.54, 1.807) is 39.8 Å². The largest absolute Gasteiger partial charge is 0.480 e. The molecule has 1 aromatic rings. The van der Waals surface area contributed by atoms with Gasteiger partial charge in [-0.25, -0.2) is 4.79 Å². The molecule has 0 unspecified atom stereocenters. The summed E-state index contributed by atoms with van der Waals surface area (Å²) < 4.78 is 16.5. The zero-order valence-corrected chi connectivity index (χ0v) is 21.3. The van der Waals surface area contributed by atoms with Crippen molar-refractivity contribution >= 4 is 72.8 Å². The minimum Gasteiger partial charge on any atom is -0.480 e. The first-order valence-electron chi connectivity index (χ1n) is 9.16. The molecule has 168 valence electrons. The number of amides is 2. The highest BCUT2D eigenvalue weighted by atomic mass is 79.9. The van der Waals surface area contributed by atoms with Crippen molar-refractivity contribution in [3.63, 3.8) is 0 Å². The van der Waals surface area contributed by atoms with E-state index < -0.39 is 35.2 Å². The molecule has 0 bridgehead atoms. The predicted octanol–water partition coefficient (Wildman–Crippen LogP) is 4.53. The zero-order valence-electron chi connectivity index (χ0n) is 17.3. The predicted molar refractivity (Wildman–Crippen MR) is 122 cm³/mol. The fraction of sp³-hybridized carbons (Fsp3) is 0.400. The maximum atomic E-state index is 12.6. The SMILES string of the molecule is CCOC(=O)COc1c(Br)cc(C=C2SC(=O)N(CC(=O)OC(C)(C)C)C2=O)cc1Br. The summed E-state index contributed by atoms with van der Waals surface area (Å²) in [5.41, 5.74) is -0.116. The van der Waals surface area contributed by atoms with Gasteiger partial charge in [-0.2, -0.15) is 0 Å². The van der Waals surface area contributed by atoms with Gasteiger partial charge in [0.25, 0.3) is 11.1 Å². The van der Waals surface area contributed by atoms with Gasteiger partial charge in [0, 0.05) is 0 Å². The lowest BCUT2D eigenvalue weighted by molar-refractivity contribution is -0.156. The molecule has 2 amide bonds. The van der Waals surface area contributed by atoms with Crippen LogP contribution >= 0.6 is 43.6 Å². The number of halogens is 2. The first-order valence-corrected chi connectivity index (χ1v) is 11.6. The van der Waals surface area contributed by atoms with Gasteiger partial charge in [0.2, 0.25) is 0 Å². The molecule has 1 aliphatic heterocycles. The molecule has 0 N–H and O–H groups in total. The highest BCUT2D eigenvalue weighted by Crippen LogP contribution is 2.37. The number of carbonyl (C=O) groups excluding carboxylic acids is 4. The fourth-order valence-electron chi connectivity index (χ4n) is 2.43. The highest BCUT2D eigenvalue weighted by Gasteiger charge is 2.37. The minimum atomic E-state index is -0.718. The Kier molecular flexibility index (Phi) is 8.73. The van der Waals surface area contributed by atoms with Gasteiger partial charge in [0.1, 0.15) is 17.9 Å². The topological polar surface area (TPSA) is 99.2 Å². The number of hydrogen-bond acceptors (Lipinski definition) is 8. The van der Waals surface area contributed by atoms with Gasteiger partial charge in [0.05, 0.1) is 20.5 Å². The summed E-state index contributed by atoms with van der Waals surface area (Å²) in [6, 6.07) is 3.35. The van der Waals surface area contributed by atoms with E-state index >= 15 is 0 Å². The second kappa shape index (κ2) is 10.6. The Morgan fingerprint density at radius 2 is 1.74 bits per heavy atom. The van der Waals surface area contributed by atoms with Crippen LogP contribution in [0.15, 0.2) is 26.0 Å². The standard InChI is InChI=1S/C20H21Br2NO7S/c1-5-28-16(25)10-29-17-12(21)6-11(7-13(17)22)8-14-18(26)23(19(27)31-14)9-15(24)30-20(2,3)4/h6-8H,5,9-10H2,1-4H3. The Labute approximate surface area is 200 Å². The van der Waals surface area contributed by atoms with Gasteiger partial charge in [0.15, 0.2) is 6.61 Å². The molecule has 1 aromatic carbocycles. The molecule has 8 nitrogen and oxygen atoms in total. The maximum Gasteiger partial charge on any atom is 0.344 e. The molecule has 1 fully saturated rings. The van der Waals surface area contributed by atoms with Crippen LogP contribution in [0.1, 0.15) is 33.3 Å². The Hall–Kier alpha value is -1.85. The van der Waals surface area contributed by atoms with E-state index in [1.165, 1.54) is 6.08 Å². The number of benzene rings is 1. The number of nitrogens with zero attached hydrogens (tertiary/aromatic N) is 1. The number of thioether (sulfide) groups is 1. The fourth-order valence-corrected chi connectivity index (χ4v) is 4.71. The number of rotatable bonds is 7. The van der Waals surface area contributed by atoms with Crippen molar-refractivity contribution in [3.8, 4) is 5.75 Å². The van der Waals surface area contributed by atoms with Crippen molar-refractivity contribution < 1.29 is 33.4 Å².